The lowest BCUT2D eigenvalue weighted by atomic mass is 9.87. The quantitative estimate of drug-likeness (QED) is 0.905. The minimum absolute atomic E-state index is 0.0705. The van der Waals surface area contributed by atoms with E-state index in [1.54, 1.807) is 6.20 Å². The fourth-order valence-electron chi connectivity index (χ4n) is 3.02. The highest BCUT2D eigenvalue weighted by molar-refractivity contribution is 5.28. The number of hydrogen-bond donors (Lipinski definition) is 1. The molecule has 0 bridgehead atoms. The fourth-order valence-corrected chi connectivity index (χ4v) is 3.02. The zero-order valence-electron chi connectivity index (χ0n) is 13.8. The first-order valence-corrected chi connectivity index (χ1v) is 8.03. The van der Waals surface area contributed by atoms with E-state index >= 15 is 0 Å². The van der Waals surface area contributed by atoms with Crippen LogP contribution in [-0.2, 0) is 0 Å². The highest BCUT2D eigenvalue weighted by Gasteiger charge is 2.35. The third-order valence-electron chi connectivity index (χ3n) is 4.40. The normalized spacial score (nSPS) is 18.8. The van der Waals surface area contributed by atoms with Gasteiger partial charge in [-0.2, -0.15) is 0 Å². The maximum Gasteiger partial charge on any atom is 0.138 e. The molecule has 0 aliphatic carbocycles. The Morgan fingerprint density at radius 1 is 1.19 bits per heavy atom. The molecule has 4 heteroatoms. The molecule has 0 aromatic carbocycles. The summed E-state index contributed by atoms with van der Waals surface area (Å²) in [5, 5.41) is 0. The van der Waals surface area contributed by atoms with E-state index in [-0.39, 0.29) is 17.7 Å². The van der Waals surface area contributed by atoms with Gasteiger partial charge in [0, 0.05) is 17.8 Å². The van der Waals surface area contributed by atoms with E-state index < -0.39 is 0 Å². The van der Waals surface area contributed by atoms with Crippen molar-refractivity contribution < 1.29 is 4.74 Å². The second kappa shape index (κ2) is 6.75. The molecule has 1 fully saturated rings. The summed E-state index contributed by atoms with van der Waals surface area (Å²) in [4.78, 5) is 6.80. The molecule has 1 atom stereocenters. The smallest absolute Gasteiger partial charge is 0.138 e. The summed E-state index contributed by atoms with van der Waals surface area (Å²) in [6.07, 6.45) is 7.64. The van der Waals surface area contributed by atoms with Gasteiger partial charge in [0.05, 0.1) is 12.3 Å². The molecule has 21 heavy (non-hydrogen) atoms. The van der Waals surface area contributed by atoms with Crippen LogP contribution in [0.2, 0.25) is 0 Å². The van der Waals surface area contributed by atoms with Crippen LogP contribution < -0.4 is 10.5 Å². The second-order valence-electron chi connectivity index (χ2n) is 6.80. The molecule has 1 aromatic heterocycles. The molecule has 2 N–H and O–H groups in total. The molecule has 0 saturated carbocycles. The first-order chi connectivity index (χ1) is 9.91. The van der Waals surface area contributed by atoms with Crippen molar-refractivity contribution in [3.05, 3.63) is 24.0 Å². The third kappa shape index (κ3) is 3.95. The van der Waals surface area contributed by atoms with Crippen LogP contribution in [-0.4, -0.2) is 34.6 Å². The first-order valence-electron chi connectivity index (χ1n) is 8.03. The predicted molar refractivity (Wildman–Crippen MR) is 86.4 cm³/mol. The molecular formula is C17H29N3O. The van der Waals surface area contributed by atoms with Gasteiger partial charge in [-0.15, -0.1) is 0 Å². The molecule has 1 aromatic rings. The van der Waals surface area contributed by atoms with E-state index in [2.05, 4.69) is 23.7 Å². The van der Waals surface area contributed by atoms with E-state index in [0.29, 0.717) is 0 Å². The van der Waals surface area contributed by atoms with Crippen molar-refractivity contribution in [2.45, 2.75) is 64.6 Å². The molecule has 2 rings (SSSR count). The molecule has 1 aliphatic heterocycles. The van der Waals surface area contributed by atoms with Gasteiger partial charge in [0.2, 0.25) is 0 Å². The van der Waals surface area contributed by atoms with Crippen LogP contribution in [0.1, 0.15) is 58.6 Å². The Morgan fingerprint density at radius 2 is 1.86 bits per heavy atom. The van der Waals surface area contributed by atoms with Crippen LogP contribution >= 0.6 is 0 Å². The number of aromatic nitrogens is 1. The number of hydrogen-bond acceptors (Lipinski definition) is 4. The van der Waals surface area contributed by atoms with Gasteiger partial charge < -0.3 is 10.5 Å². The van der Waals surface area contributed by atoms with Crippen LogP contribution in [0, 0.1) is 0 Å². The van der Waals surface area contributed by atoms with E-state index in [1.165, 1.54) is 19.3 Å². The van der Waals surface area contributed by atoms with Crippen LogP contribution in [0.5, 0.6) is 5.75 Å². The van der Waals surface area contributed by atoms with Crippen molar-refractivity contribution >= 4 is 0 Å². The summed E-state index contributed by atoms with van der Waals surface area (Å²) in [5.41, 5.74) is 7.54. The number of likely N-dealkylation sites (tertiary alicyclic amines) is 1. The lowest BCUT2D eigenvalue weighted by Crippen LogP contribution is -2.53. The number of nitrogens with two attached hydrogens (primary N) is 1. The Balaban J connectivity index is 2.15. The van der Waals surface area contributed by atoms with E-state index in [9.17, 15) is 0 Å². The van der Waals surface area contributed by atoms with E-state index in [4.69, 9.17) is 10.5 Å². The van der Waals surface area contributed by atoms with Crippen molar-refractivity contribution in [3.63, 3.8) is 0 Å². The fraction of sp³-hybridized carbons (Fsp3) is 0.706. The van der Waals surface area contributed by atoms with E-state index in [0.717, 1.165) is 24.4 Å². The minimum atomic E-state index is -0.0709. The zero-order valence-corrected chi connectivity index (χ0v) is 13.8. The van der Waals surface area contributed by atoms with Gasteiger partial charge in [-0.3, -0.25) is 9.88 Å². The predicted octanol–water partition coefficient (Wildman–Crippen LogP) is 3.13. The van der Waals surface area contributed by atoms with Crippen LogP contribution in [0.25, 0.3) is 0 Å². The van der Waals surface area contributed by atoms with Crippen molar-refractivity contribution in [2.75, 3.05) is 13.1 Å². The van der Waals surface area contributed by atoms with E-state index in [1.807, 2.05) is 26.1 Å². The zero-order chi connectivity index (χ0) is 15.5. The molecule has 118 valence electrons. The molecule has 1 aliphatic rings. The third-order valence-corrected chi connectivity index (χ3v) is 4.40. The maximum absolute atomic E-state index is 6.57. The summed E-state index contributed by atoms with van der Waals surface area (Å²) in [6, 6.07) is 1.96. The maximum atomic E-state index is 6.57. The van der Waals surface area contributed by atoms with Crippen LogP contribution in [0.4, 0.5) is 0 Å². The number of piperidine rings is 1. The van der Waals surface area contributed by atoms with Crippen molar-refractivity contribution in [1.82, 2.24) is 9.88 Å². The highest BCUT2D eigenvalue weighted by Crippen LogP contribution is 2.32. The summed E-state index contributed by atoms with van der Waals surface area (Å²) in [5.74, 6) is 0.799. The molecule has 1 saturated heterocycles. The average molecular weight is 291 g/mol. The molecular weight excluding hydrogens is 262 g/mol. The molecule has 4 nitrogen and oxygen atoms in total. The van der Waals surface area contributed by atoms with Gasteiger partial charge in [-0.05, 0) is 65.3 Å². The first kappa shape index (κ1) is 16.2. The van der Waals surface area contributed by atoms with Gasteiger partial charge in [-0.1, -0.05) is 6.42 Å². The summed E-state index contributed by atoms with van der Waals surface area (Å²) in [7, 11) is 0. The average Bonchev–Trinajstić information content (AvgIpc) is 2.47. The van der Waals surface area contributed by atoms with Gasteiger partial charge in [0.25, 0.3) is 0 Å². The van der Waals surface area contributed by atoms with Crippen molar-refractivity contribution in [1.29, 1.82) is 0 Å². The Kier molecular flexibility index (Phi) is 5.22. The molecule has 1 unspecified atom stereocenters. The molecule has 0 amide bonds. The van der Waals surface area contributed by atoms with Crippen LogP contribution in [0.15, 0.2) is 18.5 Å². The standard InChI is InChI=1S/C17H29N3O/c1-13(2)21-15-10-14(11-19-12-15)16(18)17(3,4)20-8-6-5-7-9-20/h10-13,16H,5-9,18H2,1-4H3. The Hall–Kier alpha value is -1.13. The Bertz CT molecular complexity index is 453. The Labute approximate surface area is 128 Å². The van der Waals surface area contributed by atoms with Gasteiger partial charge in [-0.25, -0.2) is 0 Å². The van der Waals surface area contributed by atoms with Gasteiger partial charge in [0.1, 0.15) is 5.75 Å². The lowest BCUT2D eigenvalue weighted by molar-refractivity contribution is 0.0728. The monoisotopic (exact) mass is 291 g/mol. The van der Waals surface area contributed by atoms with Gasteiger partial charge >= 0.3 is 0 Å². The molecule has 0 radical (unpaired) electrons. The van der Waals surface area contributed by atoms with Gasteiger partial charge in [0.15, 0.2) is 0 Å². The number of rotatable bonds is 5. The SMILES string of the molecule is CC(C)Oc1cncc(C(N)C(C)(C)N2CCCCC2)c1. The second-order valence-corrected chi connectivity index (χ2v) is 6.80. The lowest BCUT2D eigenvalue weighted by Gasteiger charge is -2.44. The number of nitrogens with zero attached hydrogens (tertiary/aromatic N) is 2. The largest absolute Gasteiger partial charge is 0.489 e. The number of ether oxygens (including phenoxy) is 1. The minimum Gasteiger partial charge on any atom is -0.489 e. The Morgan fingerprint density at radius 3 is 2.48 bits per heavy atom. The highest BCUT2D eigenvalue weighted by atomic mass is 16.5. The van der Waals surface area contributed by atoms with Crippen molar-refractivity contribution in [3.8, 4) is 5.75 Å². The summed E-state index contributed by atoms with van der Waals surface area (Å²) < 4.78 is 5.73. The summed E-state index contributed by atoms with van der Waals surface area (Å²) in [6.45, 7) is 10.8. The number of pyridine rings is 1. The molecule has 2 heterocycles. The topological polar surface area (TPSA) is 51.4 Å². The van der Waals surface area contributed by atoms with Crippen molar-refractivity contribution in [2.24, 2.45) is 5.73 Å². The van der Waals surface area contributed by atoms with Crippen LogP contribution in [0.3, 0.4) is 0 Å². The molecule has 0 spiro atoms. The summed E-state index contributed by atoms with van der Waals surface area (Å²) >= 11 is 0.